The first kappa shape index (κ1) is 10.7. The Morgan fingerprint density at radius 3 is 2.73 bits per heavy atom. The fourth-order valence-electron chi connectivity index (χ4n) is 2.38. The Hall–Kier alpha value is -0.840. The summed E-state index contributed by atoms with van der Waals surface area (Å²) in [4.78, 5) is 11.5. The molecule has 2 unspecified atom stereocenters. The SMILES string of the molecule is CC1CCCC(n2c(=O)[nH][nH]c2=S)CC1. The standard InChI is InChI=1S/C10H17N3OS/c1-7-3-2-4-8(6-5-7)13-9(14)11-12-10(13)15/h7-8H,2-6H2,1H3,(H,11,14)(H,12,15). The lowest BCUT2D eigenvalue weighted by Crippen LogP contribution is -2.22. The molecule has 15 heavy (non-hydrogen) atoms. The molecule has 1 fully saturated rings. The first-order valence-electron chi connectivity index (χ1n) is 5.57. The Morgan fingerprint density at radius 1 is 1.27 bits per heavy atom. The number of hydrogen-bond donors (Lipinski definition) is 2. The molecule has 0 saturated heterocycles. The average molecular weight is 227 g/mol. The van der Waals surface area contributed by atoms with Gasteiger partial charge in [-0.1, -0.05) is 19.8 Å². The third-order valence-corrected chi connectivity index (χ3v) is 3.60. The van der Waals surface area contributed by atoms with Gasteiger partial charge in [-0.15, -0.1) is 0 Å². The molecule has 1 aromatic rings. The van der Waals surface area contributed by atoms with Crippen molar-refractivity contribution in [3.8, 4) is 0 Å². The zero-order valence-corrected chi connectivity index (χ0v) is 9.77. The molecule has 1 saturated carbocycles. The highest BCUT2D eigenvalue weighted by atomic mass is 32.1. The minimum Gasteiger partial charge on any atom is -0.272 e. The van der Waals surface area contributed by atoms with Crippen LogP contribution < -0.4 is 5.69 Å². The molecular formula is C10H17N3OS. The van der Waals surface area contributed by atoms with Crippen molar-refractivity contribution in [3.05, 3.63) is 15.3 Å². The summed E-state index contributed by atoms with van der Waals surface area (Å²) in [5, 5.41) is 5.25. The molecule has 1 aromatic heterocycles. The van der Waals surface area contributed by atoms with Crippen LogP contribution in [0.5, 0.6) is 0 Å². The van der Waals surface area contributed by atoms with Gasteiger partial charge in [0.2, 0.25) is 0 Å². The van der Waals surface area contributed by atoms with Crippen LogP contribution in [0.15, 0.2) is 4.79 Å². The van der Waals surface area contributed by atoms with Gasteiger partial charge in [0.15, 0.2) is 4.77 Å². The molecular weight excluding hydrogens is 210 g/mol. The van der Waals surface area contributed by atoms with Crippen LogP contribution in [0.25, 0.3) is 0 Å². The second-order valence-corrected chi connectivity index (χ2v) is 4.88. The Kier molecular flexibility index (Phi) is 3.09. The van der Waals surface area contributed by atoms with Crippen molar-refractivity contribution in [2.75, 3.05) is 0 Å². The Balaban J connectivity index is 2.24. The first-order chi connectivity index (χ1) is 7.18. The zero-order chi connectivity index (χ0) is 10.8. The first-order valence-corrected chi connectivity index (χ1v) is 5.98. The number of aromatic nitrogens is 3. The second-order valence-electron chi connectivity index (χ2n) is 4.50. The van der Waals surface area contributed by atoms with E-state index in [9.17, 15) is 4.79 Å². The van der Waals surface area contributed by atoms with Gasteiger partial charge >= 0.3 is 5.69 Å². The van der Waals surface area contributed by atoms with Crippen molar-refractivity contribution in [3.63, 3.8) is 0 Å². The van der Waals surface area contributed by atoms with E-state index in [4.69, 9.17) is 12.2 Å². The van der Waals surface area contributed by atoms with Crippen molar-refractivity contribution in [2.45, 2.75) is 45.1 Å². The van der Waals surface area contributed by atoms with Gasteiger partial charge in [-0.2, -0.15) is 0 Å². The summed E-state index contributed by atoms with van der Waals surface area (Å²) in [7, 11) is 0. The summed E-state index contributed by atoms with van der Waals surface area (Å²) < 4.78 is 2.23. The van der Waals surface area contributed by atoms with Crippen LogP contribution in [0.2, 0.25) is 0 Å². The van der Waals surface area contributed by atoms with Crippen LogP contribution in [-0.4, -0.2) is 14.8 Å². The quantitative estimate of drug-likeness (QED) is 0.571. The van der Waals surface area contributed by atoms with Crippen molar-refractivity contribution < 1.29 is 0 Å². The third kappa shape index (κ3) is 2.22. The summed E-state index contributed by atoms with van der Waals surface area (Å²) >= 11 is 5.10. The van der Waals surface area contributed by atoms with Crippen LogP contribution in [0.3, 0.4) is 0 Å². The van der Waals surface area contributed by atoms with E-state index in [-0.39, 0.29) is 11.7 Å². The van der Waals surface area contributed by atoms with Crippen LogP contribution in [0, 0.1) is 10.7 Å². The van der Waals surface area contributed by atoms with E-state index in [1.54, 1.807) is 4.57 Å². The van der Waals surface area contributed by atoms with Crippen LogP contribution in [0.1, 0.15) is 45.1 Å². The number of H-pyrrole nitrogens is 2. The highest BCUT2D eigenvalue weighted by Gasteiger charge is 2.19. The van der Waals surface area contributed by atoms with E-state index in [1.807, 2.05) is 0 Å². The molecule has 5 heteroatoms. The molecule has 0 amide bonds. The number of aromatic amines is 2. The molecule has 0 aliphatic heterocycles. The minimum atomic E-state index is -0.0976. The highest BCUT2D eigenvalue weighted by molar-refractivity contribution is 7.71. The molecule has 0 radical (unpaired) electrons. The van der Waals surface area contributed by atoms with Crippen molar-refractivity contribution in [2.24, 2.45) is 5.92 Å². The fourth-order valence-corrected chi connectivity index (χ4v) is 2.66. The van der Waals surface area contributed by atoms with Crippen LogP contribution in [-0.2, 0) is 0 Å². The predicted molar refractivity (Wildman–Crippen MR) is 61.5 cm³/mol. The van der Waals surface area contributed by atoms with Gasteiger partial charge in [-0.05, 0) is 37.4 Å². The van der Waals surface area contributed by atoms with E-state index in [2.05, 4.69) is 17.1 Å². The number of rotatable bonds is 1. The fraction of sp³-hybridized carbons (Fsp3) is 0.800. The van der Waals surface area contributed by atoms with E-state index < -0.39 is 0 Å². The summed E-state index contributed by atoms with van der Waals surface area (Å²) in [6.45, 7) is 2.28. The van der Waals surface area contributed by atoms with E-state index >= 15 is 0 Å². The summed E-state index contributed by atoms with van der Waals surface area (Å²) in [6, 6.07) is 0.289. The maximum Gasteiger partial charge on any atom is 0.342 e. The van der Waals surface area contributed by atoms with Gasteiger partial charge in [0.1, 0.15) is 0 Å². The highest BCUT2D eigenvalue weighted by Crippen LogP contribution is 2.29. The van der Waals surface area contributed by atoms with E-state index in [0.717, 1.165) is 18.8 Å². The topological polar surface area (TPSA) is 53.6 Å². The van der Waals surface area contributed by atoms with Gasteiger partial charge in [-0.25, -0.2) is 9.89 Å². The number of hydrogen-bond acceptors (Lipinski definition) is 2. The number of nitrogens with zero attached hydrogens (tertiary/aromatic N) is 1. The Morgan fingerprint density at radius 2 is 2.07 bits per heavy atom. The van der Waals surface area contributed by atoms with Gasteiger partial charge in [0.05, 0.1) is 0 Å². The van der Waals surface area contributed by atoms with Gasteiger partial charge in [-0.3, -0.25) is 9.67 Å². The predicted octanol–water partition coefficient (Wildman–Crippen LogP) is 2.38. The lowest BCUT2D eigenvalue weighted by atomic mass is 10.0. The Labute approximate surface area is 93.7 Å². The molecule has 2 N–H and O–H groups in total. The second kappa shape index (κ2) is 4.35. The van der Waals surface area contributed by atoms with E-state index in [0.29, 0.717) is 4.77 Å². The van der Waals surface area contributed by atoms with Crippen molar-refractivity contribution in [1.29, 1.82) is 0 Å². The Bertz CT molecular complexity index is 403. The number of nitrogens with one attached hydrogen (secondary N) is 2. The van der Waals surface area contributed by atoms with Crippen molar-refractivity contribution in [1.82, 2.24) is 14.8 Å². The minimum absolute atomic E-state index is 0.0976. The van der Waals surface area contributed by atoms with Gasteiger partial charge < -0.3 is 0 Å². The maximum absolute atomic E-state index is 11.5. The molecule has 4 nitrogen and oxygen atoms in total. The maximum atomic E-state index is 11.5. The van der Waals surface area contributed by atoms with Crippen molar-refractivity contribution >= 4 is 12.2 Å². The molecule has 2 rings (SSSR count). The summed E-state index contributed by atoms with van der Waals surface area (Å²) in [5.74, 6) is 0.780. The molecule has 84 valence electrons. The molecule has 1 aliphatic carbocycles. The molecule has 0 spiro atoms. The average Bonchev–Trinajstić information content (AvgIpc) is 2.41. The molecule has 1 aliphatic rings. The third-order valence-electron chi connectivity index (χ3n) is 3.31. The monoisotopic (exact) mass is 227 g/mol. The molecule has 2 atom stereocenters. The molecule has 1 heterocycles. The van der Waals surface area contributed by atoms with Crippen LogP contribution >= 0.6 is 12.2 Å². The largest absolute Gasteiger partial charge is 0.342 e. The van der Waals surface area contributed by atoms with Gasteiger partial charge in [0, 0.05) is 6.04 Å². The molecule has 0 aromatic carbocycles. The lowest BCUT2D eigenvalue weighted by molar-refractivity contribution is 0.420. The van der Waals surface area contributed by atoms with Gasteiger partial charge in [0.25, 0.3) is 0 Å². The molecule has 0 bridgehead atoms. The zero-order valence-electron chi connectivity index (χ0n) is 8.95. The van der Waals surface area contributed by atoms with Crippen LogP contribution in [0.4, 0.5) is 0 Å². The summed E-state index contributed by atoms with van der Waals surface area (Å²) in [6.07, 6.45) is 5.79. The van der Waals surface area contributed by atoms with E-state index in [1.165, 1.54) is 19.3 Å². The normalized spacial score (nSPS) is 27.5. The lowest BCUT2D eigenvalue weighted by Gasteiger charge is -2.13. The summed E-state index contributed by atoms with van der Waals surface area (Å²) in [5.41, 5.74) is -0.0976. The smallest absolute Gasteiger partial charge is 0.272 e.